The largest absolute Gasteiger partial charge is 0.340 e. The van der Waals surface area contributed by atoms with E-state index >= 15 is 0 Å². The van der Waals surface area contributed by atoms with Gasteiger partial charge in [0.15, 0.2) is 10.8 Å². The lowest BCUT2D eigenvalue weighted by Gasteiger charge is -2.32. The summed E-state index contributed by atoms with van der Waals surface area (Å²) in [5.41, 5.74) is 0.871. The van der Waals surface area contributed by atoms with Crippen molar-refractivity contribution < 1.29 is 9.32 Å². The first-order valence-corrected chi connectivity index (χ1v) is 9.28. The Kier molecular flexibility index (Phi) is 4.39. The molecule has 3 aromatic heterocycles. The molecule has 0 spiro atoms. The van der Waals surface area contributed by atoms with Gasteiger partial charge in [-0.1, -0.05) is 5.16 Å². The maximum absolute atomic E-state index is 12.5. The minimum Gasteiger partial charge on any atom is -0.340 e. The maximum atomic E-state index is 12.5. The van der Waals surface area contributed by atoms with Crippen LogP contribution >= 0.6 is 11.3 Å². The Hall–Kier alpha value is -2.42. The Labute approximate surface area is 148 Å². The summed E-state index contributed by atoms with van der Waals surface area (Å²) in [6, 6.07) is -0.0367. The number of aromatic nitrogens is 4. The van der Waals surface area contributed by atoms with Crippen LogP contribution in [0.5, 0.6) is 0 Å². The van der Waals surface area contributed by atoms with E-state index in [-0.39, 0.29) is 6.03 Å². The summed E-state index contributed by atoms with van der Waals surface area (Å²) in [7, 11) is 0. The fraction of sp³-hybridized carbons (Fsp3) is 0.500. The van der Waals surface area contributed by atoms with E-state index in [9.17, 15) is 4.79 Å². The molecule has 25 heavy (non-hydrogen) atoms. The Balaban J connectivity index is 1.31. The van der Waals surface area contributed by atoms with E-state index < -0.39 is 0 Å². The molecule has 0 aromatic carbocycles. The molecular formula is C16H20N6O2S. The average molecular weight is 360 g/mol. The molecule has 1 aliphatic rings. The molecule has 9 heteroatoms. The predicted octanol–water partition coefficient (Wildman–Crippen LogP) is 2.25. The molecule has 1 aliphatic heterocycles. The van der Waals surface area contributed by atoms with E-state index in [1.807, 2.05) is 27.1 Å². The number of nitrogens with zero attached hydrogens (tertiary/aromatic N) is 5. The van der Waals surface area contributed by atoms with E-state index in [2.05, 4.69) is 20.4 Å². The number of carbonyl (C=O) groups is 1. The van der Waals surface area contributed by atoms with Crippen molar-refractivity contribution in [1.82, 2.24) is 29.7 Å². The smallest absolute Gasteiger partial charge is 0.317 e. The lowest BCUT2D eigenvalue weighted by atomic mass is 9.95. The Morgan fingerprint density at radius 1 is 1.48 bits per heavy atom. The first-order chi connectivity index (χ1) is 12.2. The number of imidazole rings is 1. The van der Waals surface area contributed by atoms with Crippen LogP contribution < -0.4 is 5.32 Å². The number of aryl methyl sites for hydroxylation is 1. The highest BCUT2D eigenvalue weighted by atomic mass is 32.1. The zero-order valence-corrected chi connectivity index (χ0v) is 14.8. The third-order valence-electron chi connectivity index (χ3n) is 4.41. The van der Waals surface area contributed by atoms with Gasteiger partial charge in [0.2, 0.25) is 5.89 Å². The standard InChI is InChI=1S/C16H20N6O2S/c1-11-18-14(20-24-11)7-12-3-2-4-21(9-12)15(23)17-8-13-10-22-5-6-25-16(22)19-13/h5-6,10,12H,2-4,7-9H2,1H3,(H,17,23). The number of rotatable bonds is 4. The molecule has 4 heterocycles. The van der Waals surface area contributed by atoms with Gasteiger partial charge in [-0.15, -0.1) is 11.3 Å². The molecule has 1 fully saturated rings. The number of amides is 2. The second-order valence-corrected chi connectivity index (χ2v) is 7.24. The Morgan fingerprint density at radius 3 is 3.20 bits per heavy atom. The monoisotopic (exact) mass is 360 g/mol. The van der Waals surface area contributed by atoms with Crippen molar-refractivity contribution >= 4 is 22.3 Å². The molecule has 0 aliphatic carbocycles. The Bertz CT molecular complexity index is 840. The minimum atomic E-state index is -0.0367. The zero-order valence-electron chi connectivity index (χ0n) is 14.0. The van der Waals surface area contributed by atoms with Gasteiger partial charge in [-0.2, -0.15) is 4.98 Å². The summed E-state index contributed by atoms with van der Waals surface area (Å²) in [4.78, 5) is 24.0. The van der Waals surface area contributed by atoms with Crippen molar-refractivity contribution in [2.75, 3.05) is 13.1 Å². The summed E-state index contributed by atoms with van der Waals surface area (Å²) in [5, 5.41) is 8.92. The van der Waals surface area contributed by atoms with E-state index in [0.29, 0.717) is 18.4 Å². The van der Waals surface area contributed by atoms with Crippen LogP contribution in [0.4, 0.5) is 4.79 Å². The van der Waals surface area contributed by atoms with Crippen molar-refractivity contribution in [1.29, 1.82) is 0 Å². The van der Waals surface area contributed by atoms with E-state index in [1.165, 1.54) is 0 Å². The summed E-state index contributed by atoms with van der Waals surface area (Å²) in [5.74, 6) is 1.68. The van der Waals surface area contributed by atoms with Gasteiger partial charge in [0.25, 0.3) is 0 Å². The molecule has 1 saturated heterocycles. The number of piperidine rings is 1. The molecule has 3 aromatic rings. The summed E-state index contributed by atoms with van der Waals surface area (Å²) >= 11 is 1.58. The van der Waals surface area contributed by atoms with Gasteiger partial charge >= 0.3 is 6.03 Å². The van der Waals surface area contributed by atoms with Gasteiger partial charge in [0, 0.05) is 44.2 Å². The first-order valence-electron chi connectivity index (χ1n) is 8.40. The van der Waals surface area contributed by atoms with Crippen molar-refractivity contribution in [3.63, 3.8) is 0 Å². The normalized spacial score (nSPS) is 18.0. The molecule has 0 saturated carbocycles. The van der Waals surface area contributed by atoms with E-state index in [1.54, 1.807) is 18.3 Å². The van der Waals surface area contributed by atoms with Crippen LogP contribution in [0.15, 0.2) is 22.3 Å². The van der Waals surface area contributed by atoms with Crippen molar-refractivity contribution in [2.24, 2.45) is 5.92 Å². The second-order valence-electron chi connectivity index (χ2n) is 6.37. The minimum absolute atomic E-state index is 0.0367. The van der Waals surface area contributed by atoms with Crippen LogP contribution in [0.25, 0.3) is 4.96 Å². The number of hydrogen-bond acceptors (Lipinski definition) is 6. The number of nitrogens with one attached hydrogen (secondary N) is 1. The molecule has 1 unspecified atom stereocenters. The Morgan fingerprint density at radius 2 is 2.40 bits per heavy atom. The number of likely N-dealkylation sites (tertiary alicyclic amines) is 1. The van der Waals surface area contributed by atoms with Crippen molar-refractivity contribution in [3.05, 3.63) is 35.2 Å². The average Bonchev–Trinajstić information content (AvgIpc) is 3.29. The first kappa shape index (κ1) is 16.1. The number of hydrogen-bond donors (Lipinski definition) is 1. The van der Waals surface area contributed by atoms with Crippen LogP contribution in [0.1, 0.15) is 30.3 Å². The fourth-order valence-corrected chi connectivity index (χ4v) is 3.96. The summed E-state index contributed by atoms with van der Waals surface area (Å²) < 4.78 is 6.99. The quantitative estimate of drug-likeness (QED) is 0.771. The molecular weight excluding hydrogens is 340 g/mol. The fourth-order valence-electron chi connectivity index (χ4n) is 3.24. The van der Waals surface area contributed by atoms with Crippen LogP contribution in [0.2, 0.25) is 0 Å². The maximum Gasteiger partial charge on any atom is 0.317 e. The highest BCUT2D eigenvalue weighted by Gasteiger charge is 2.25. The lowest BCUT2D eigenvalue weighted by Crippen LogP contribution is -2.45. The van der Waals surface area contributed by atoms with E-state index in [4.69, 9.17) is 4.52 Å². The SMILES string of the molecule is Cc1nc(CC2CCCN(C(=O)NCc3cn4ccsc4n3)C2)no1. The van der Waals surface area contributed by atoms with Gasteiger partial charge < -0.3 is 14.7 Å². The topological polar surface area (TPSA) is 88.6 Å². The predicted molar refractivity (Wildman–Crippen MR) is 92.3 cm³/mol. The summed E-state index contributed by atoms with van der Waals surface area (Å²) in [6.45, 7) is 3.74. The molecule has 0 bridgehead atoms. The van der Waals surface area contributed by atoms with Gasteiger partial charge in [-0.25, -0.2) is 9.78 Å². The third-order valence-corrected chi connectivity index (χ3v) is 5.18. The molecule has 2 amide bonds. The van der Waals surface area contributed by atoms with E-state index in [0.717, 1.165) is 48.8 Å². The van der Waals surface area contributed by atoms with Crippen LogP contribution in [0.3, 0.4) is 0 Å². The highest BCUT2D eigenvalue weighted by Crippen LogP contribution is 2.20. The summed E-state index contributed by atoms with van der Waals surface area (Å²) in [6.07, 6.45) is 6.74. The van der Waals surface area contributed by atoms with Gasteiger partial charge in [-0.05, 0) is 18.8 Å². The van der Waals surface area contributed by atoms with Gasteiger partial charge in [-0.3, -0.25) is 4.40 Å². The molecule has 132 valence electrons. The van der Waals surface area contributed by atoms with Crippen molar-refractivity contribution in [3.8, 4) is 0 Å². The zero-order chi connectivity index (χ0) is 17.2. The molecule has 4 rings (SSSR count). The number of urea groups is 1. The third kappa shape index (κ3) is 3.65. The van der Waals surface area contributed by atoms with Crippen LogP contribution in [-0.4, -0.2) is 43.5 Å². The van der Waals surface area contributed by atoms with Crippen molar-refractivity contribution in [2.45, 2.75) is 32.7 Å². The highest BCUT2D eigenvalue weighted by molar-refractivity contribution is 7.15. The van der Waals surface area contributed by atoms with Crippen LogP contribution in [0, 0.1) is 12.8 Å². The number of carbonyl (C=O) groups excluding carboxylic acids is 1. The molecule has 8 nitrogen and oxygen atoms in total. The molecule has 1 N–H and O–H groups in total. The van der Waals surface area contributed by atoms with Crippen LogP contribution in [-0.2, 0) is 13.0 Å². The second kappa shape index (κ2) is 6.83. The lowest BCUT2D eigenvalue weighted by molar-refractivity contribution is 0.164. The van der Waals surface area contributed by atoms with Gasteiger partial charge in [0.05, 0.1) is 12.2 Å². The number of fused-ring (bicyclic) bond motifs is 1. The number of thiazole rings is 1. The van der Waals surface area contributed by atoms with Gasteiger partial charge in [0.1, 0.15) is 0 Å². The molecule has 0 radical (unpaired) electrons. The molecule has 1 atom stereocenters.